The number of nitrogens with one attached hydrogen (secondary N) is 1. The molecule has 132 valence electrons. The molecule has 0 spiro atoms. The molecule has 1 amide bonds. The van der Waals surface area contributed by atoms with Crippen LogP contribution < -0.4 is 16.0 Å². The number of carbonyl (C=O) groups excluding carboxylic acids is 1. The lowest BCUT2D eigenvalue weighted by Gasteiger charge is -2.31. The summed E-state index contributed by atoms with van der Waals surface area (Å²) in [5.74, 6) is 6.07. The van der Waals surface area contributed by atoms with E-state index in [0.717, 1.165) is 57.7 Å². The average molecular weight is 333 g/mol. The highest BCUT2D eigenvalue weighted by Gasteiger charge is 2.25. The third kappa shape index (κ3) is 4.69. The summed E-state index contributed by atoms with van der Waals surface area (Å²) in [6, 6.07) is 8.21. The van der Waals surface area contributed by atoms with E-state index in [9.17, 15) is 4.79 Å². The Hall–Kier alpha value is -1.63. The van der Waals surface area contributed by atoms with Crippen molar-refractivity contribution in [2.45, 2.75) is 38.3 Å². The number of likely N-dealkylation sites (tertiary alicyclic amines) is 1. The predicted octanol–water partition coefficient (Wildman–Crippen LogP) is 1.45. The summed E-state index contributed by atoms with van der Waals surface area (Å²) in [5.41, 5.74) is 3.50. The van der Waals surface area contributed by atoms with Gasteiger partial charge < -0.3 is 9.47 Å². The Labute approximate surface area is 143 Å². The van der Waals surface area contributed by atoms with E-state index in [4.69, 9.17) is 15.3 Å². The third-order valence-corrected chi connectivity index (χ3v) is 4.81. The zero-order chi connectivity index (χ0) is 16.8. The van der Waals surface area contributed by atoms with Crippen molar-refractivity contribution in [3.8, 4) is 5.75 Å². The molecule has 6 nitrogen and oxygen atoms in total. The maximum atomic E-state index is 11.7. The zero-order valence-electron chi connectivity index (χ0n) is 14.1. The van der Waals surface area contributed by atoms with E-state index in [1.807, 2.05) is 12.1 Å². The van der Waals surface area contributed by atoms with Crippen molar-refractivity contribution in [1.29, 1.82) is 0 Å². The lowest BCUT2D eigenvalue weighted by Crippen LogP contribution is -2.44. The number of nitrogens with zero attached hydrogens (tertiary/aromatic N) is 1. The van der Waals surface area contributed by atoms with Crippen LogP contribution in [0.25, 0.3) is 0 Å². The van der Waals surface area contributed by atoms with Gasteiger partial charge in [-0.05, 0) is 49.9 Å². The van der Waals surface area contributed by atoms with Crippen LogP contribution in [0.15, 0.2) is 24.3 Å². The smallest absolute Gasteiger partial charge is 0.238 e. The number of rotatable bonds is 6. The molecule has 2 aliphatic rings. The minimum absolute atomic E-state index is 0.00207. The van der Waals surface area contributed by atoms with E-state index in [1.54, 1.807) is 0 Å². The Morgan fingerprint density at radius 2 is 2.12 bits per heavy atom. The van der Waals surface area contributed by atoms with Crippen molar-refractivity contribution in [2.24, 2.45) is 11.8 Å². The number of benzene rings is 1. The molecule has 2 saturated heterocycles. The summed E-state index contributed by atoms with van der Waals surface area (Å²) in [6.07, 6.45) is 4.40. The summed E-state index contributed by atoms with van der Waals surface area (Å²) in [6.45, 7) is 4.11. The molecular formula is C18H27N3O3. The van der Waals surface area contributed by atoms with Gasteiger partial charge in [-0.25, -0.2) is 5.84 Å². The Morgan fingerprint density at radius 1 is 1.29 bits per heavy atom. The minimum Gasteiger partial charge on any atom is -0.491 e. The number of carbonyl (C=O) groups is 1. The zero-order valence-corrected chi connectivity index (χ0v) is 14.1. The van der Waals surface area contributed by atoms with Gasteiger partial charge in [0.25, 0.3) is 0 Å². The fourth-order valence-electron chi connectivity index (χ4n) is 3.45. The molecular weight excluding hydrogens is 306 g/mol. The van der Waals surface area contributed by atoms with Crippen molar-refractivity contribution in [1.82, 2.24) is 10.3 Å². The molecule has 2 fully saturated rings. The molecule has 0 saturated carbocycles. The average Bonchev–Trinajstić information content (AvgIpc) is 3.14. The lowest BCUT2D eigenvalue weighted by atomic mass is 9.97. The Bertz CT molecular complexity index is 529. The highest BCUT2D eigenvalue weighted by molar-refractivity contribution is 5.78. The number of hydrogen-bond donors (Lipinski definition) is 2. The van der Waals surface area contributed by atoms with E-state index < -0.39 is 0 Å². The van der Waals surface area contributed by atoms with Crippen LogP contribution in [0.1, 0.15) is 31.2 Å². The standard InChI is InChI=1S/C18H27N3O3/c19-20-18(22)15-3-1-9-21(12-15)11-14-5-7-16(8-6-14)24-13-17-4-2-10-23-17/h5-8,15,17H,1-4,9-13,19H2,(H,20,22). The topological polar surface area (TPSA) is 76.8 Å². The number of hydrogen-bond acceptors (Lipinski definition) is 5. The van der Waals surface area contributed by atoms with Crippen molar-refractivity contribution < 1.29 is 14.3 Å². The van der Waals surface area contributed by atoms with Gasteiger partial charge in [-0.1, -0.05) is 12.1 Å². The van der Waals surface area contributed by atoms with Crippen molar-refractivity contribution in [3.05, 3.63) is 29.8 Å². The van der Waals surface area contributed by atoms with Crippen LogP contribution in [0, 0.1) is 5.92 Å². The number of hydrazine groups is 1. The first-order chi connectivity index (χ1) is 11.7. The Morgan fingerprint density at radius 3 is 2.83 bits per heavy atom. The normalized spacial score (nSPS) is 24.7. The van der Waals surface area contributed by atoms with E-state index >= 15 is 0 Å². The molecule has 1 aromatic carbocycles. The first-order valence-electron chi connectivity index (χ1n) is 8.81. The summed E-state index contributed by atoms with van der Waals surface area (Å²) < 4.78 is 11.4. The molecule has 2 unspecified atom stereocenters. The molecule has 0 bridgehead atoms. The first kappa shape index (κ1) is 17.2. The molecule has 2 heterocycles. The van der Waals surface area contributed by atoms with Crippen LogP contribution in [0.2, 0.25) is 0 Å². The lowest BCUT2D eigenvalue weighted by molar-refractivity contribution is -0.126. The molecule has 0 aliphatic carbocycles. The predicted molar refractivity (Wildman–Crippen MR) is 91.2 cm³/mol. The highest BCUT2D eigenvalue weighted by atomic mass is 16.5. The van der Waals surface area contributed by atoms with E-state index in [-0.39, 0.29) is 17.9 Å². The molecule has 1 aromatic rings. The van der Waals surface area contributed by atoms with Crippen LogP contribution in [0.4, 0.5) is 0 Å². The van der Waals surface area contributed by atoms with E-state index in [2.05, 4.69) is 22.5 Å². The van der Waals surface area contributed by atoms with Crippen LogP contribution in [-0.4, -0.2) is 43.2 Å². The molecule has 0 radical (unpaired) electrons. The minimum atomic E-state index is -0.0578. The first-order valence-corrected chi connectivity index (χ1v) is 8.81. The SMILES string of the molecule is NNC(=O)C1CCCN(Cc2ccc(OCC3CCCO3)cc2)C1. The third-order valence-electron chi connectivity index (χ3n) is 4.81. The molecule has 0 aromatic heterocycles. The highest BCUT2D eigenvalue weighted by Crippen LogP contribution is 2.20. The Kier molecular flexibility index (Phi) is 6.07. The van der Waals surface area contributed by atoms with Crippen LogP contribution in [0.3, 0.4) is 0 Å². The molecule has 3 rings (SSSR count). The van der Waals surface area contributed by atoms with Gasteiger partial charge in [0.2, 0.25) is 5.91 Å². The number of amides is 1. The summed E-state index contributed by atoms with van der Waals surface area (Å²) in [4.78, 5) is 14.0. The van der Waals surface area contributed by atoms with Crippen molar-refractivity contribution >= 4 is 5.91 Å². The molecule has 2 atom stereocenters. The molecule has 2 aliphatic heterocycles. The van der Waals surface area contributed by atoms with E-state index in [0.29, 0.717) is 6.61 Å². The van der Waals surface area contributed by atoms with E-state index in [1.165, 1.54) is 5.56 Å². The summed E-state index contributed by atoms with van der Waals surface area (Å²) in [7, 11) is 0. The molecule has 6 heteroatoms. The molecule has 3 N–H and O–H groups in total. The van der Waals surface area contributed by atoms with Gasteiger partial charge in [0.05, 0.1) is 12.0 Å². The monoisotopic (exact) mass is 333 g/mol. The van der Waals surface area contributed by atoms with Crippen molar-refractivity contribution in [3.63, 3.8) is 0 Å². The number of nitrogens with two attached hydrogens (primary N) is 1. The largest absolute Gasteiger partial charge is 0.491 e. The van der Waals surface area contributed by atoms with Crippen molar-refractivity contribution in [2.75, 3.05) is 26.3 Å². The molecule has 24 heavy (non-hydrogen) atoms. The fraction of sp³-hybridized carbons (Fsp3) is 0.611. The number of ether oxygens (including phenoxy) is 2. The van der Waals surface area contributed by atoms with Gasteiger partial charge in [-0.15, -0.1) is 0 Å². The second kappa shape index (κ2) is 8.46. The second-order valence-corrected chi connectivity index (χ2v) is 6.67. The van der Waals surface area contributed by atoms with Gasteiger partial charge in [0.15, 0.2) is 0 Å². The quantitative estimate of drug-likeness (QED) is 0.468. The summed E-state index contributed by atoms with van der Waals surface area (Å²) >= 11 is 0. The fourth-order valence-corrected chi connectivity index (χ4v) is 3.45. The van der Waals surface area contributed by atoms with Gasteiger partial charge in [-0.2, -0.15) is 0 Å². The van der Waals surface area contributed by atoms with Crippen LogP contribution in [-0.2, 0) is 16.1 Å². The van der Waals surface area contributed by atoms with Gasteiger partial charge in [0.1, 0.15) is 12.4 Å². The van der Waals surface area contributed by atoms with Gasteiger partial charge in [0, 0.05) is 19.7 Å². The van der Waals surface area contributed by atoms with Gasteiger partial charge in [-0.3, -0.25) is 15.1 Å². The van der Waals surface area contributed by atoms with Crippen LogP contribution >= 0.6 is 0 Å². The van der Waals surface area contributed by atoms with Gasteiger partial charge >= 0.3 is 0 Å². The van der Waals surface area contributed by atoms with Crippen LogP contribution in [0.5, 0.6) is 5.75 Å². The number of piperidine rings is 1. The second-order valence-electron chi connectivity index (χ2n) is 6.67. The summed E-state index contributed by atoms with van der Waals surface area (Å²) in [5, 5.41) is 0. The Balaban J connectivity index is 1.47. The maximum Gasteiger partial charge on any atom is 0.238 e. The maximum absolute atomic E-state index is 11.7.